The molecule has 0 saturated heterocycles. The summed E-state index contributed by atoms with van der Waals surface area (Å²) in [6, 6.07) is 10.4. The predicted octanol–water partition coefficient (Wildman–Crippen LogP) is 3.02. The molecule has 0 radical (unpaired) electrons. The van der Waals surface area contributed by atoms with E-state index < -0.39 is 11.7 Å². The molecule has 2 aromatic carbocycles. The minimum atomic E-state index is -0.482. The number of nitrogens with two attached hydrogens (primary N) is 1. The van der Waals surface area contributed by atoms with Crippen LogP contribution in [0.3, 0.4) is 0 Å². The Hall–Kier alpha value is -2.11. The lowest BCUT2D eigenvalue weighted by Gasteiger charge is -2.10. The van der Waals surface area contributed by atoms with Crippen LogP contribution in [0.15, 0.2) is 42.5 Å². The van der Waals surface area contributed by atoms with Crippen LogP contribution in [0.25, 0.3) is 0 Å². The third-order valence-corrected chi connectivity index (χ3v) is 2.83. The second-order valence-electron chi connectivity index (χ2n) is 3.77. The van der Waals surface area contributed by atoms with Crippen LogP contribution in [-0.2, 0) is 0 Å². The number of anilines is 2. The van der Waals surface area contributed by atoms with Gasteiger partial charge < -0.3 is 10.7 Å². The van der Waals surface area contributed by atoms with Crippen molar-refractivity contribution in [2.24, 2.45) is 5.84 Å². The van der Waals surface area contributed by atoms with E-state index in [-0.39, 0.29) is 10.7 Å². The lowest BCUT2D eigenvalue weighted by Crippen LogP contribution is -2.17. The second-order valence-corrected chi connectivity index (χ2v) is 4.18. The number of halogens is 2. The van der Waals surface area contributed by atoms with E-state index in [4.69, 9.17) is 17.4 Å². The van der Waals surface area contributed by atoms with Crippen LogP contribution in [0.1, 0.15) is 10.4 Å². The molecule has 6 heteroatoms. The molecule has 1 amide bonds. The van der Waals surface area contributed by atoms with E-state index in [1.807, 2.05) is 0 Å². The summed E-state index contributed by atoms with van der Waals surface area (Å²) in [4.78, 5) is 12.1. The monoisotopic (exact) mass is 279 g/mol. The second kappa shape index (κ2) is 5.69. The molecule has 98 valence electrons. The van der Waals surface area contributed by atoms with Gasteiger partial charge in [0.25, 0.3) is 5.91 Å². The van der Waals surface area contributed by atoms with Gasteiger partial charge in [-0.1, -0.05) is 23.7 Å². The molecule has 0 bridgehead atoms. The van der Waals surface area contributed by atoms with Gasteiger partial charge in [0.1, 0.15) is 5.82 Å². The zero-order valence-electron chi connectivity index (χ0n) is 9.78. The quantitative estimate of drug-likeness (QED) is 0.598. The van der Waals surface area contributed by atoms with Crippen LogP contribution < -0.4 is 16.6 Å². The van der Waals surface area contributed by atoms with E-state index in [2.05, 4.69) is 10.7 Å². The van der Waals surface area contributed by atoms with Crippen molar-refractivity contribution in [3.8, 4) is 0 Å². The number of hydrogen-bond acceptors (Lipinski definition) is 3. The van der Waals surface area contributed by atoms with Gasteiger partial charge in [0.05, 0.1) is 22.0 Å². The third-order valence-electron chi connectivity index (χ3n) is 2.50. The summed E-state index contributed by atoms with van der Waals surface area (Å²) >= 11 is 5.88. The van der Waals surface area contributed by atoms with Crippen molar-refractivity contribution in [3.63, 3.8) is 0 Å². The first-order valence-electron chi connectivity index (χ1n) is 5.44. The van der Waals surface area contributed by atoms with Crippen LogP contribution >= 0.6 is 11.6 Å². The highest BCUT2D eigenvalue weighted by atomic mass is 35.5. The molecule has 0 heterocycles. The molecule has 0 aromatic heterocycles. The number of carbonyl (C=O) groups is 1. The Bertz CT molecular complexity index is 619. The maximum Gasteiger partial charge on any atom is 0.257 e. The predicted molar refractivity (Wildman–Crippen MR) is 73.6 cm³/mol. The number of carbonyl (C=O) groups excluding carboxylic acids is 1. The van der Waals surface area contributed by atoms with Gasteiger partial charge in [-0.2, -0.15) is 0 Å². The van der Waals surface area contributed by atoms with Crippen LogP contribution in [0.2, 0.25) is 5.02 Å². The van der Waals surface area contributed by atoms with Crippen molar-refractivity contribution in [2.45, 2.75) is 0 Å². The Balaban J connectivity index is 2.28. The molecule has 4 nitrogen and oxygen atoms in total. The largest absolute Gasteiger partial charge is 0.323 e. The number of nitrogens with one attached hydrogen (secondary N) is 2. The zero-order valence-corrected chi connectivity index (χ0v) is 10.5. The van der Waals surface area contributed by atoms with Crippen molar-refractivity contribution >= 4 is 28.9 Å². The smallest absolute Gasteiger partial charge is 0.257 e. The van der Waals surface area contributed by atoms with Crippen LogP contribution in [-0.4, -0.2) is 5.91 Å². The number of para-hydroxylation sites is 1. The zero-order chi connectivity index (χ0) is 13.8. The molecule has 0 saturated carbocycles. The van der Waals surface area contributed by atoms with E-state index in [0.29, 0.717) is 11.3 Å². The van der Waals surface area contributed by atoms with E-state index in [1.165, 1.54) is 12.1 Å². The Kier molecular flexibility index (Phi) is 3.99. The lowest BCUT2D eigenvalue weighted by molar-refractivity contribution is 0.102. The Morgan fingerprint density at radius 1 is 1.16 bits per heavy atom. The Morgan fingerprint density at radius 2 is 1.89 bits per heavy atom. The molecule has 0 atom stereocenters. The Labute approximate surface area is 114 Å². The molecule has 0 aliphatic rings. The van der Waals surface area contributed by atoms with Crippen molar-refractivity contribution < 1.29 is 9.18 Å². The van der Waals surface area contributed by atoms with E-state index >= 15 is 0 Å². The van der Waals surface area contributed by atoms with Gasteiger partial charge in [-0.3, -0.25) is 10.6 Å². The SMILES string of the molecule is NNc1ccccc1C(=O)Nc1cc(F)ccc1Cl. The summed E-state index contributed by atoms with van der Waals surface area (Å²) in [5.74, 6) is 4.41. The molecule has 19 heavy (non-hydrogen) atoms. The van der Waals surface area contributed by atoms with Crippen LogP contribution in [0, 0.1) is 5.82 Å². The van der Waals surface area contributed by atoms with E-state index in [9.17, 15) is 9.18 Å². The summed E-state index contributed by atoms with van der Waals surface area (Å²) in [5.41, 5.74) is 3.43. The maximum atomic E-state index is 13.1. The fourth-order valence-electron chi connectivity index (χ4n) is 1.59. The van der Waals surface area contributed by atoms with Gasteiger partial charge in [0.15, 0.2) is 0 Å². The first kappa shape index (κ1) is 13.3. The van der Waals surface area contributed by atoms with Gasteiger partial charge in [-0.25, -0.2) is 4.39 Å². The molecule has 0 fully saturated rings. The number of nitrogen functional groups attached to an aromatic ring is 1. The number of hydrogen-bond donors (Lipinski definition) is 3. The number of hydrazine groups is 1. The Morgan fingerprint density at radius 3 is 2.63 bits per heavy atom. The highest BCUT2D eigenvalue weighted by Gasteiger charge is 2.12. The van der Waals surface area contributed by atoms with Crippen LogP contribution in [0.5, 0.6) is 0 Å². The average molecular weight is 280 g/mol. The fourth-order valence-corrected chi connectivity index (χ4v) is 1.75. The maximum absolute atomic E-state index is 13.1. The van der Waals surface area contributed by atoms with Gasteiger partial charge in [-0.05, 0) is 30.3 Å². The highest BCUT2D eigenvalue weighted by Crippen LogP contribution is 2.24. The fraction of sp³-hybridized carbons (Fsp3) is 0. The first-order valence-corrected chi connectivity index (χ1v) is 5.81. The van der Waals surface area contributed by atoms with Gasteiger partial charge in [-0.15, -0.1) is 0 Å². The molecular weight excluding hydrogens is 269 g/mol. The molecule has 0 unspecified atom stereocenters. The third kappa shape index (κ3) is 3.01. The van der Waals surface area contributed by atoms with Crippen molar-refractivity contribution in [1.29, 1.82) is 0 Å². The minimum Gasteiger partial charge on any atom is -0.323 e. The number of rotatable bonds is 3. The molecule has 2 rings (SSSR count). The summed E-state index contributed by atoms with van der Waals surface area (Å²) in [6.45, 7) is 0. The summed E-state index contributed by atoms with van der Waals surface area (Å²) < 4.78 is 13.1. The van der Waals surface area contributed by atoms with Crippen molar-refractivity contribution in [1.82, 2.24) is 0 Å². The molecule has 0 aliphatic heterocycles. The van der Waals surface area contributed by atoms with Crippen molar-refractivity contribution in [2.75, 3.05) is 10.7 Å². The highest BCUT2D eigenvalue weighted by molar-refractivity contribution is 6.34. The molecule has 0 spiro atoms. The van der Waals surface area contributed by atoms with E-state index in [1.54, 1.807) is 24.3 Å². The summed E-state index contributed by atoms with van der Waals surface area (Å²) in [7, 11) is 0. The minimum absolute atomic E-state index is 0.207. The van der Waals surface area contributed by atoms with Gasteiger partial charge >= 0.3 is 0 Å². The number of benzene rings is 2. The van der Waals surface area contributed by atoms with Gasteiger partial charge in [0, 0.05) is 0 Å². The van der Waals surface area contributed by atoms with Crippen molar-refractivity contribution in [3.05, 3.63) is 58.9 Å². The summed E-state index contributed by atoms with van der Waals surface area (Å²) in [6.07, 6.45) is 0. The molecule has 0 aliphatic carbocycles. The van der Waals surface area contributed by atoms with Crippen LogP contribution in [0.4, 0.5) is 15.8 Å². The molecule has 4 N–H and O–H groups in total. The van der Waals surface area contributed by atoms with Gasteiger partial charge in [0.2, 0.25) is 0 Å². The molecular formula is C13H11ClFN3O. The molecule has 2 aromatic rings. The normalized spacial score (nSPS) is 10.1. The summed E-state index contributed by atoms with van der Waals surface area (Å²) in [5, 5.41) is 2.79. The average Bonchev–Trinajstić information content (AvgIpc) is 2.42. The van der Waals surface area contributed by atoms with E-state index in [0.717, 1.165) is 6.07 Å². The number of amides is 1. The standard InChI is InChI=1S/C13H11ClFN3O/c14-10-6-5-8(15)7-12(10)17-13(19)9-3-1-2-4-11(9)18-16/h1-7,18H,16H2,(H,17,19). The first-order chi connectivity index (χ1) is 9.11. The topological polar surface area (TPSA) is 67.1 Å². The lowest BCUT2D eigenvalue weighted by atomic mass is 10.1.